The van der Waals surface area contributed by atoms with Gasteiger partial charge in [0.25, 0.3) is 0 Å². The second-order valence-corrected chi connectivity index (χ2v) is 4.97. The third-order valence-electron chi connectivity index (χ3n) is 3.79. The number of piperazine rings is 1. The average molecular weight is 269 g/mol. The van der Waals surface area contributed by atoms with Crippen LogP contribution in [0.1, 0.15) is 26.2 Å². The summed E-state index contributed by atoms with van der Waals surface area (Å²) < 4.78 is 0. The van der Waals surface area contributed by atoms with Gasteiger partial charge in [0.05, 0.1) is 0 Å². The SMILES string of the molecule is CCC(NC(=O)N1CCN2C(=O)CCC2C1)C(=O)O. The third-order valence-corrected chi connectivity index (χ3v) is 3.79. The van der Waals surface area contributed by atoms with Crippen molar-refractivity contribution in [1.29, 1.82) is 0 Å². The quantitative estimate of drug-likeness (QED) is 0.746. The van der Waals surface area contributed by atoms with E-state index in [0.717, 1.165) is 6.42 Å². The van der Waals surface area contributed by atoms with E-state index < -0.39 is 12.0 Å². The van der Waals surface area contributed by atoms with Gasteiger partial charge in [0, 0.05) is 32.1 Å². The molecule has 2 atom stereocenters. The molecular formula is C12H19N3O4. The summed E-state index contributed by atoms with van der Waals surface area (Å²) in [4.78, 5) is 37.8. The molecule has 106 valence electrons. The molecule has 0 saturated carbocycles. The van der Waals surface area contributed by atoms with Crippen molar-refractivity contribution in [2.75, 3.05) is 19.6 Å². The Hall–Kier alpha value is -1.79. The number of nitrogens with one attached hydrogen (secondary N) is 1. The number of rotatable bonds is 3. The predicted molar refractivity (Wildman–Crippen MR) is 66.6 cm³/mol. The molecule has 0 radical (unpaired) electrons. The first-order valence-corrected chi connectivity index (χ1v) is 6.60. The van der Waals surface area contributed by atoms with E-state index in [-0.39, 0.29) is 18.0 Å². The summed E-state index contributed by atoms with van der Waals surface area (Å²) in [6.45, 7) is 3.21. The zero-order valence-electron chi connectivity index (χ0n) is 11.0. The largest absolute Gasteiger partial charge is 0.480 e. The number of urea groups is 1. The number of nitrogens with zero attached hydrogens (tertiary/aromatic N) is 2. The first-order chi connectivity index (χ1) is 9.02. The van der Waals surface area contributed by atoms with Crippen LogP contribution in [0.5, 0.6) is 0 Å². The van der Waals surface area contributed by atoms with Gasteiger partial charge in [-0.25, -0.2) is 9.59 Å². The van der Waals surface area contributed by atoms with Crippen LogP contribution in [-0.2, 0) is 9.59 Å². The molecule has 2 fully saturated rings. The molecule has 0 bridgehead atoms. The number of hydrogen-bond acceptors (Lipinski definition) is 3. The van der Waals surface area contributed by atoms with Crippen molar-refractivity contribution < 1.29 is 19.5 Å². The second kappa shape index (κ2) is 5.46. The molecule has 2 N–H and O–H groups in total. The summed E-state index contributed by atoms with van der Waals surface area (Å²) in [6.07, 6.45) is 1.68. The second-order valence-electron chi connectivity index (χ2n) is 4.97. The fourth-order valence-electron chi connectivity index (χ4n) is 2.63. The Morgan fingerprint density at radius 2 is 2.21 bits per heavy atom. The third kappa shape index (κ3) is 2.80. The Balaban J connectivity index is 1.91. The van der Waals surface area contributed by atoms with Gasteiger partial charge >= 0.3 is 12.0 Å². The van der Waals surface area contributed by atoms with E-state index in [9.17, 15) is 14.4 Å². The van der Waals surface area contributed by atoms with Crippen molar-refractivity contribution in [3.05, 3.63) is 0 Å². The summed E-state index contributed by atoms with van der Waals surface area (Å²) in [7, 11) is 0. The Morgan fingerprint density at radius 1 is 1.47 bits per heavy atom. The summed E-state index contributed by atoms with van der Waals surface area (Å²) >= 11 is 0. The topological polar surface area (TPSA) is 90.0 Å². The van der Waals surface area contributed by atoms with E-state index in [0.29, 0.717) is 32.5 Å². The van der Waals surface area contributed by atoms with E-state index in [2.05, 4.69) is 5.32 Å². The van der Waals surface area contributed by atoms with Gasteiger partial charge in [0.2, 0.25) is 5.91 Å². The molecule has 0 aromatic rings. The summed E-state index contributed by atoms with van der Waals surface area (Å²) in [5.74, 6) is -0.868. The van der Waals surface area contributed by atoms with E-state index in [1.54, 1.807) is 11.8 Å². The molecule has 0 spiro atoms. The number of hydrogen-bond donors (Lipinski definition) is 2. The number of carbonyl (C=O) groups excluding carboxylic acids is 2. The number of carbonyl (C=O) groups is 3. The maximum atomic E-state index is 12.0. The van der Waals surface area contributed by atoms with Crippen LogP contribution < -0.4 is 5.32 Å². The summed E-state index contributed by atoms with van der Waals surface area (Å²) in [6, 6.07) is -1.11. The Morgan fingerprint density at radius 3 is 2.84 bits per heavy atom. The molecular weight excluding hydrogens is 250 g/mol. The van der Waals surface area contributed by atoms with Gasteiger partial charge in [0.15, 0.2) is 0 Å². The van der Waals surface area contributed by atoms with Crippen LogP contribution in [0.15, 0.2) is 0 Å². The normalized spacial score (nSPS) is 24.1. The number of carboxylic acid groups (broad SMARTS) is 1. The van der Waals surface area contributed by atoms with Crippen LogP contribution in [0.4, 0.5) is 4.79 Å². The van der Waals surface area contributed by atoms with Crippen LogP contribution in [0, 0.1) is 0 Å². The zero-order chi connectivity index (χ0) is 14.0. The van der Waals surface area contributed by atoms with Gasteiger partial charge in [0.1, 0.15) is 6.04 Å². The minimum atomic E-state index is -1.02. The lowest BCUT2D eigenvalue weighted by molar-refractivity contribution is -0.139. The molecule has 0 aliphatic carbocycles. The van der Waals surface area contributed by atoms with Crippen molar-refractivity contribution in [3.8, 4) is 0 Å². The lowest BCUT2D eigenvalue weighted by atomic mass is 10.1. The molecule has 7 nitrogen and oxygen atoms in total. The van der Waals surface area contributed by atoms with Gasteiger partial charge in [-0.1, -0.05) is 6.92 Å². The lowest BCUT2D eigenvalue weighted by Gasteiger charge is -2.37. The minimum Gasteiger partial charge on any atom is -0.480 e. The molecule has 0 aromatic carbocycles. The summed E-state index contributed by atoms with van der Waals surface area (Å²) in [5.41, 5.74) is 0. The van der Waals surface area contributed by atoms with E-state index in [1.807, 2.05) is 4.90 Å². The maximum absolute atomic E-state index is 12.0. The van der Waals surface area contributed by atoms with Gasteiger partial charge < -0.3 is 20.2 Å². The van der Waals surface area contributed by atoms with Crippen molar-refractivity contribution in [3.63, 3.8) is 0 Å². The smallest absolute Gasteiger partial charge is 0.326 e. The van der Waals surface area contributed by atoms with E-state index >= 15 is 0 Å². The van der Waals surface area contributed by atoms with Crippen LogP contribution in [-0.4, -0.2) is 64.5 Å². The van der Waals surface area contributed by atoms with Crippen LogP contribution in [0.25, 0.3) is 0 Å². The maximum Gasteiger partial charge on any atom is 0.326 e. The number of amides is 3. The average Bonchev–Trinajstić information content (AvgIpc) is 2.76. The van der Waals surface area contributed by atoms with Crippen LogP contribution in [0.2, 0.25) is 0 Å². The monoisotopic (exact) mass is 269 g/mol. The van der Waals surface area contributed by atoms with Gasteiger partial charge in [-0.05, 0) is 12.8 Å². The van der Waals surface area contributed by atoms with E-state index in [4.69, 9.17) is 5.11 Å². The highest BCUT2D eigenvalue weighted by Crippen LogP contribution is 2.22. The van der Waals surface area contributed by atoms with Crippen molar-refractivity contribution >= 4 is 17.9 Å². The highest BCUT2D eigenvalue weighted by molar-refractivity contribution is 5.83. The number of aliphatic carboxylic acids is 1. The number of fused-ring (bicyclic) bond motifs is 1. The predicted octanol–water partition coefficient (Wildman–Crippen LogP) is -0.134. The lowest BCUT2D eigenvalue weighted by Crippen LogP contribution is -2.57. The molecule has 2 aliphatic rings. The molecule has 2 saturated heterocycles. The molecule has 3 amide bonds. The Bertz CT molecular complexity index is 398. The highest BCUT2D eigenvalue weighted by atomic mass is 16.4. The Labute approximate surface area is 111 Å². The fourth-order valence-corrected chi connectivity index (χ4v) is 2.63. The zero-order valence-corrected chi connectivity index (χ0v) is 11.0. The first kappa shape index (κ1) is 13.6. The molecule has 2 unspecified atom stereocenters. The van der Waals surface area contributed by atoms with Gasteiger partial charge in [-0.15, -0.1) is 0 Å². The van der Waals surface area contributed by atoms with Crippen molar-refractivity contribution in [2.45, 2.75) is 38.3 Å². The molecule has 2 rings (SSSR count). The standard InChI is InChI=1S/C12H19N3O4/c1-2-9(11(17)18)13-12(19)14-5-6-15-8(7-14)3-4-10(15)16/h8-9H,2-7H2,1H3,(H,13,19)(H,17,18). The Kier molecular flexibility index (Phi) is 3.92. The van der Waals surface area contributed by atoms with Gasteiger partial charge in [-0.3, -0.25) is 4.79 Å². The molecule has 2 aliphatic heterocycles. The molecule has 7 heteroatoms. The highest BCUT2D eigenvalue weighted by Gasteiger charge is 2.37. The summed E-state index contributed by atoms with van der Waals surface area (Å²) in [5, 5.41) is 11.4. The van der Waals surface area contributed by atoms with Crippen LogP contribution in [0.3, 0.4) is 0 Å². The molecule has 0 aromatic heterocycles. The van der Waals surface area contributed by atoms with Crippen molar-refractivity contribution in [1.82, 2.24) is 15.1 Å². The van der Waals surface area contributed by atoms with Gasteiger partial charge in [-0.2, -0.15) is 0 Å². The van der Waals surface area contributed by atoms with Crippen LogP contribution >= 0.6 is 0 Å². The molecule has 19 heavy (non-hydrogen) atoms. The number of carboxylic acids is 1. The molecule has 2 heterocycles. The first-order valence-electron chi connectivity index (χ1n) is 6.60. The van der Waals surface area contributed by atoms with Crippen molar-refractivity contribution in [2.24, 2.45) is 0 Å². The van der Waals surface area contributed by atoms with E-state index in [1.165, 1.54) is 0 Å². The fraction of sp³-hybridized carbons (Fsp3) is 0.750. The minimum absolute atomic E-state index is 0.0944.